The van der Waals surface area contributed by atoms with Gasteiger partial charge in [0.2, 0.25) is 0 Å². The summed E-state index contributed by atoms with van der Waals surface area (Å²) in [7, 11) is 1.63. The van der Waals surface area contributed by atoms with E-state index >= 15 is 0 Å². The summed E-state index contributed by atoms with van der Waals surface area (Å²) in [5.74, 6) is -0.605. The minimum atomic E-state index is -0.303. The molecule has 5 rings (SSSR count). The number of rotatable bonds is 4. The third-order valence-electron chi connectivity index (χ3n) is 5.27. The van der Waals surface area contributed by atoms with Gasteiger partial charge in [-0.15, -0.1) is 0 Å². The van der Waals surface area contributed by atoms with Crippen molar-refractivity contribution in [1.29, 1.82) is 0 Å². The summed E-state index contributed by atoms with van der Waals surface area (Å²) in [5.41, 5.74) is 4.05. The van der Waals surface area contributed by atoms with Crippen LogP contribution in [0.3, 0.4) is 0 Å². The van der Waals surface area contributed by atoms with Crippen molar-refractivity contribution in [2.45, 2.75) is 6.73 Å². The van der Waals surface area contributed by atoms with Gasteiger partial charge in [0.1, 0.15) is 6.73 Å². The molecule has 0 saturated heterocycles. The van der Waals surface area contributed by atoms with Crippen LogP contribution in [-0.4, -0.2) is 23.5 Å². The maximum atomic E-state index is 13.3. The van der Waals surface area contributed by atoms with Gasteiger partial charge in [0.05, 0.1) is 28.0 Å². The number of amides is 2. The Balaban J connectivity index is 1.85. The molecule has 5 nitrogen and oxygen atoms in total. The van der Waals surface area contributed by atoms with Crippen LogP contribution >= 0.6 is 0 Å². The fourth-order valence-corrected chi connectivity index (χ4v) is 4.06. The first-order valence-electron chi connectivity index (χ1n) is 9.35. The summed E-state index contributed by atoms with van der Waals surface area (Å²) in [5, 5.41) is 0.831. The lowest BCUT2D eigenvalue weighted by Crippen LogP contribution is -2.29. The first-order chi connectivity index (χ1) is 14.2. The predicted molar refractivity (Wildman–Crippen MR) is 112 cm³/mol. The van der Waals surface area contributed by atoms with Crippen LogP contribution in [0, 0.1) is 0 Å². The van der Waals surface area contributed by atoms with E-state index in [2.05, 4.69) is 0 Å². The van der Waals surface area contributed by atoms with E-state index in [1.54, 1.807) is 31.4 Å². The standard InChI is InChI=1S/C24H18N2O3/c1-29-15-25-20-14-8-7-13-19(20)22(21(25)16-9-3-2-4-10-16)26-23(27)17-11-5-6-12-18(17)24(26)28/h2-14H,15H2,1H3. The van der Waals surface area contributed by atoms with Crippen LogP contribution in [-0.2, 0) is 11.5 Å². The van der Waals surface area contributed by atoms with Gasteiger partial charge in [0.15, 0.2) is 0 Å². The number of fused-ring (bicyclic) bond motifs is 2. The number of ether oxygens (including phenoxy) is 1. The molecule has 1 aliphatic rings. The molecule has 1 aliphatic heterocycles. The Labute approximate surface area is 167 Å². The Morgan fingerprint density at radius 1 is 0.759 bits per heavy atom. The lowest BCUT2D eigenvalue weighted by molar-refractivity contribution is 0.0926. The zero-order chi connectivity index (χ0) is 20.0. The highest BCUT2D eigenvalue weighted by atomic mass is 16.5. The summed E-state index contributed by atoms with van der Waals surface area (Å²) >= 11 is 0. The predicted octanol–water partition coefficient (Wildman–Crippen LogP) is 4.71. The van der Waals surface area contributed by atoms with Gasteiger partial charge < -0.3 is 9.30 Å². The second-order valence-corrected chi connectivity index (χ2v) is 6.92. The quantitative estimate of drug-likeness (QED) is 0.480. The van der Waals surface area contributed by atoms with Gasteiger partial charge in [-0.1, -0.05) is 60.7 Å². The second-order valence-electron chi connectivity index (χ2n) is 6.92. The zero-order valence-electron chi connectivity index (χ0n) is 15.8. The Kier molecular flexibility index (Phi) is 4.03. The van der Waals surface area contributed by atoms with Crippen molar-refractivity contribution < 1.29 is 14.3 Å². The van der Waals surface area contributed by atoms with Crippen molar-refractivity contribution in [2.24, 2.45) is 0 Å². The Morgan fingerprint density at radius 3 is 2.00 bits per heavy atom. The molecule has 0 radical (unpaired) electrons. The molecule has 0 atom stereocenters. The highest BCUT2D eigenvalue weighted by Gasteiger charge is 2.39. The summed E-state index contributed by atoms with van der Waals surface area (Å²) < 4.78 is 7.47. The molecule has 0 unspecified atom stereocenters. The van der Waals surface area contributed by atoms with Crippen LogP contribution < -0.4 is 4.90 Å². The molecular weight excluding hydrogens is 364 g/mol. The maximum Gasteiger partial charge on any atom is 0.266 e. The number of anilines is 1. The molecule has 5 heteroatoms. The molecule has 0 saturated carbocycles. The number of hydrogen-bond donors (Lipinski definition) is 0. The van der Waals surface area contributed by atoms with E-state index in [1.807, 2.05) is 59.2 Å². The average molecular weight is 382 g/mol. The number of imide groups is 1. The van der Waals surface area contributed by atoms with Crippen molar-refractivity contribution in [2.75, 3.05) is 12.0 Å². The van der Waals surface area contributed by atoms with Crippen LogP contribution in [0.15, 0.2) is 78.9 Å². The average Bonchev–Trinajstić information content (AvgIpc) is 3.21. The number of para-hydroxylation sites is 1. The minimum absolute atomic E-state index is 0.300. The molecule has 142 valence electrons. The number of methoxy groups -OCH3 is 1. The molecule has 0 fully saturated rings. The van der Waals surface area contributed by atoms with Crippen LogP contribution in [0.5, 0.6) is 0 Å². The summed E-state index contributed by atoms with van der Waals surface area (Å²) in [6.07, 6.45) is 0. The molecular formula is C24H18N2O3. The van der Waals surface area contributed by atoms with Crippen molar-refractivity contribution in [3.63, 3.8) is 0 Å². The lowest BCUT2D eigenvalue weighted by Gasteiger charge is -2.17. The number of hydrogen-bond acceptors (Lipinski definition) is 3. The van der Waals surface area contributed by atoms with Crippen LogP contribution in [0.25, 0.3) is 22.2 Å². The lowest BCUT2D eigenvalue weighted by atomic mass is 10.1. The Morgan fingerprint density at radius 2 is 1.34 bits per heavy atom. The van der Waals surface area contributed by atoms with Gasteiger partial charge in [-0.3, -0.25) is 9.59 Å². The SMILES string of the molecule is COCn1c(-c2ccccc2)c(N2C(=O)c3ccccc3C2=O)c2ccccc21. The summed E-state index contributed by atoms with van der Waals surface area (Å²) in [6, 6.07) is 24.5. The van der Waals surface area contributed by atoms with E-state index in [1.165, 1.54) is 4.90 Å². The number of carbonyl (C=O) groups is 2. The second kappa shape index (κ2) is 6.72. The minimum Gasteiger partial charge on any atom is -0.364 e. The first-order valence-corrected chi connectivity index (χ1v) is 9.35. The van der Waals surface area contributed by atoms with Gasteiger partial charge in [-0.05, 0) is 18.2 Å². The van der Waals surface area contributed by atoms with Gasteiger partial charge in [0, 0.05) is 18.1 Å². The van der Waals surface area contributed by atoms with Gasteiger partial charge in [-0.25, -0.2) is 4.90 Å². The van der Waals surface area contributed by atoms with Crippen LogP contribution in [0.1, 0.15) is 20.7 Å². The highest BCUT2D eigenvalue weighted by Crippen LogP contribution is 2.43. The van der Waals surface area contributed by atoms with Crippen molar-refractivity contribution in [3.05, 3.63) is 90.0 Å². The van der Waals surface area contributed by atoms with Gasteiger partial charge in [0.25, 0.3) is 11.8 Å². The van der Waals surface area contributed by atoms with E-state index in [9.17, 15) is 9.59 Å². The van der Waals surface area contributed by atoms with E-state index in [0.717, 1.165) is 22.2 Å². The summed E-state index contributed by atoms with van der Waals surface area (Å²) in [6.45, 7) is 0.300. The molecule has 3 aromatic carbocycles. The largest absolute Gasteiger partial charge is 0.364 e. The van der Waals surface area contributed by atoms with Crippen LogP contribution in [0.2, 0.25) is 0 Å². The van der Waals surface area contributed by atoms with E-state index in [4.69, 9.17) is 4.74 Å². The van der Waals surface area contributed by atoms with E-state index < -0.39 is 0 Å². The molecule has 1 aromatic heterocycles. The smallest absolute Gasteiger partial charge is 0.266 e. The first kappa shape index (κ1) is 17.4. The van der Waals surface area contributed by atoms with Crippen molar-refractivity contribution in [3.8, 4) is 11.3 Å². The number of carbonyl (C=O) groups excluding carboxylic acids is 2. The highest BCUT2D eigenvalue weighted by molar-refractivity contribution is 6.37. The number of aromatic nitrogens is 1. The third kappa shape index (κ3) is 2.52. The van der Waals surface area contributed by atoms with Crippen molar-refractivity contribution >= 4 is 28.4 Å². The molecule has 0 bridgehead atoms. The van der Waals surface area contributed by atoms with Gasteiger partial charge >= 0.3 is 0 Å². The topological polar surface area (TPSA) is 51.5 Å². The Hall–Kier alpha value is -3.70. The Bertz CT molecular complexity index is 1220. The third-order valence-corrected chi connectivity index (χ3v) is 5.27. The van der Waals surface area contributed by atoms with Crippen molar-refractivity contribution in [1.82, 2.24) is 4.57 Å². The number of benzene rings is 3. The van der Waals surface area contributed by atoms with Gasteiger partial charge in [-0.2, -0.15) is 0 Å². The molecule has 0 aliphatic carbocycles. The molecule has 29 heavy (non-hydrogen) atoms. The molecule has 2 heterocycles. The van der Waals surface area contributed by atoms with Crippen LogP contribution in [0.4, 0.5) is 5.69 Å². The fourth-order valence-electron chi connectivity index (χ4n) is 4.06. The molecule has 4 aromatic rings. The fraction of sp³-hybridized carbons (Fsp3) is 0.0833. The maximum absolute atomic E-state index is 13.3. The number of nitrogens with zero attached hydrogens (tertiary/aromatic N) is 2. The van der Waals surface area contributed by atoms with E-state index in [0.29, 0.717) is 23.5 Å². The molecule has 0 spiro atoms. The molecule has 0 N–H and O–H groups in total. The van der Waals surface area contributed by atoms with E-state index in [-0.39, 0.29) is 11.8 Å². The summed E-state index contributed by atoms with van der Waals surface area (Å²) in [4.78, 5) is 27.8. The molecule has 2 amide bonds. The monoisotopic (exact) mass is 382 g/mol. The normalized spacial score (nSPS) is 13.3. The zero-order valence-corrected chi connectivity index (χ0v) is 15.8.